The van der Waals surface area contributed by atoms with Gasteiger partial charge in [0.15, 0.2) is 5.16 Å². The lowest BCUT2D eigenvalue weighted by molar-refractivity contribution is 0.360. The Bertz CT molecular complexity index is 388. The van der Waals surface area contributed by atoms with E-state index >= 15 is 0 Å². The first-order valence-electron chi connectivity index (χ1n) is 5.70. The van der Waals surface area contributed by atoms with E-state index in [1.807, 2.05) is 12.5 Å². The standard InChI is InChI=1S/C11H17BrN4S/c1-15-4-3-5-16(7-6-15)10-9(12)8-13-11(14-10)17-2/h8H,3-7H2,1-2H3. The third-order valence-corrected chi connectivity index (χ3v) is 4.03. The maximum atomic E-state index is 4.59. The van der Waals surface area contributed by atoms with Gasteiger partial charge in [-0.25, -0.2) is 9.97 Å². The fourth-order valence-corrected chi connectivity index (χ4v) is 2.70. The zero-order valence-corrected chi connectivity index (χ0v) is 12.6. The van der Waals surface area contributed by atoms with Crippen LogP contribution in [0.4, 0.5) is 5.82 Å². The third-order valence-electron chi connectivity index (χ3n) is 2.91. The van der Waals surface area contributed by atoms with Crippen LogP contribution in [-0.4, -0.2) is 54.4 Å². The summed E-state index contributed by atoms with van der Waals surface area (Å²) in [5, 5.41) is 0.834. The molecule has 0 radical (unpaired) electrons. The van der Waals surface area contributed by atoms with Gasteiger partial charge in [0.1, 0.15) is 5.82 Å². The summed E-state index contributed by atoms with van der Waals surface area (Å²) in [5.41, 5.74) is 0. The number of anilines is 1. The first kappa shape index (κ1) is 13.1. The lowest BCUT2D eigenvalue weighted by Gasteiger charge is -2.22. The summed E-state index contributed by atoms with van der Waals surface area (Å²) in [5.74, 6) is 1.03. The molecule has 2 rings (SSSR count). The predicted molar refractivity (Wildman–Crippen MR) is 75.8 cm³/mol. The molecule has 17 heavy (non-hydrogen) atoms. The topological polar surface area (TPSA) is 32.3 Å². The number of aromatic nitrogens is 2. The molecule has 0 unspecified atom stereocenters. The van der Waals surface area contributed by atoms with Crippen LogP contribution in [0.15, 0.2) is 15.8 Å². The highest BCUT2D eigenvalue weighted by Crippen LogP contribution is 2.26. The van der Waals surface area contributed by atoms with Crippen LogP contribution in [0.5, 0.6) is 0 Å². The Balaban J connectivity index is 2.20. The zero-order valence-electron chi connectivity index (χ0n) is 10.2. The van der Waals surface area contributed by atoms with E-state index in [0.717, 1.165) is 41.6 Å². The minimum absolute atomic E-state index is 0.834. The maximum Gasteiger partial charge on any atom is 0.189 e. The molecular formula is C11H17BrN4S. The van der Waals surface area contributed by atoms with Gasteiger partial charge in [-0.15, -0.1) is 0 Å². The molecule has 1 fully saturated rings. The van der Waals surface area contributed by atoms with Crippen molar-refractivity contribution in [1.29, 1.82) is 0 Å². The molecule has 0 atom stereocenters. The summed E-state index contributed by atoms with van der Waals surface area (Å²) in [4.78, 5) is 13.6. The largest absolute Gasteiger partial charge is 0.354 e. The van der Waals surface area contributed by atoms with Crippen molar-refractivity contribution in [2.45, 2.75) is 11.6 Å². The molecule has 1 aliphatic heterocycles. The van der Waals surface area contributed by atoms with Crippen molar-refractivity contribution < 1.29 is 0 Å². The molecule has 0 saturated carbocycles. The van der Waals surface area contributed by atoms with E-state index in [-0.39, 0.29) is 0 Å². The molecule has 0 N–H and O–H groups in total. The lowest BCUT2D eigenvalue weighted by atomic mass is 10.4. The molecule has 1 aliphatic rings. The van der Waals surface area contributed by atoms with E-state index in [2.05, 4.69) is 42.7 Å². The lowest BCUT2D eigenvalue weighted by Crippen LogP contribution is -2.29. The minimum Gasteiger partial charge on any atom is -0.354 e. The van der Waals surface area contributed by atoms with E-state index < -0.39 is 0 Å². The van der Waals surface area contributed by atoms with Crippen molar-refractivity contribution in [3.8, 4) is 0 Å². The highest BCUT2D eigenvalue weighted by atomic mass is 79.9. The van der Waals surface area contributed by atoms with Crippen molar-refractivity contribution in [3.63, 3.8) is 0 Å². The molecule has 2 heterocycles. The summed E-state index contributed by atoms with van der Waals surface area (Å²) < 4.78 is 0.986. The monoisotopic (exact) mass is 316 g/mol. The van der Waals surface area contributed by atoms with Crippen LogP contribution in [0.25, 0.3) is 0 Å². The van der Waals surface area contributed by atoms with Crippen LogP contribution in [-0.2, 0) is 0 Å². The SMILES string of the molecule is CSc1ncc(Br)c(N2CCCN(C)CC2)n1. The second-order valence-corrected chi connectivity index (χ2v) is 5.80. The number of rotatable bonds is 2. The molecule has 0 bridgehead atoms. The fourth-order valence-electron chi connectivity index (χ4n) is 1.92. The Hall–Kier alpha value is -0.330. The molecule has 0 aliphatic carbocycles. The second-order valence-electron chi connectivity index (χ2n) is 4.17. The Morgan fingerprint density at radius 3 is 2.88 bits per heavy atom. The molecule has 1 saturated heterocycles. The van der Waals surface area contributed by atoms with Gasteiger partial charge in [0, 0.05) is 25.8 Å². The van der Waals surface area contributed by atoms with Crippen LogP contribution in [0, 0.1) is 0 Å². The Morgan fingerprint density at radius 1 is 1.29 bits per heavy atom. The number of likely N-dealkylation sites (N-methyl/N-ethyl adjacent to an activating group) is 1. The number of nitrogens with zero attached hydrogens (tertiary/aromatic N) is 4. The third kappa shape index (κ3) is 3.33. The maximum absolute atomic E-state index is 4.59. The number of hydrogen-bond acceptors (Lipinski definition) is 5. The number of thioether (sulfide) groups is 1. The highest BCUT2D eigenvalue weighted by molar-refractivity contribution is 9.10. The van der Waals surface area contributed by atoms with Crippen LogP contribution in [0.2, 0.25) is 0 Å². The van der Waals surface area contributed by atoms with Gasteiger partial charge in [-0.3, -0.25) is 0 Å². The van der Waals surface area contributed by atoms with Crippen LogP contribution in [0.3, 0.4) is 0 Å². The van der Waals surface area contributed by atoms with Crippen molar-refractivity contribution in [3.05, 3.63) is 10.7 Å². The molecular weight excluding hydrogens is 300 g/mol. The molecule has 4 nitrogen and oxygen atoms in total. The van der Waals surface area contributed by atoms with Crippen molar-refractivity contribution in [1.82, 2.24) is 14.9 Å². The van der Waals surface area contributed by atoms with E-state index in [9.17, 15) is 0 Å². The first-order chi connectivity index (χ1) is 8.20. The molecule has 1 aromatic heterocycles. The van der Waals surface area contributed by atoms with E-state index in [1.54, 1.807) is 11.8 Å². The molecule has 0 spiro atoms. The van der Waals surface area contributed by atoms with Gasteiger partial charge in [-0.05, 0) is 42.2 Å². The fraction of sp³-hybridized carbons (Fsp3) is 0.636. The average molecular weight is 317 g/mol. The highest BCUT2D eigenvalue weighted by Gasteiger charge is 2.16. The molecule has 0 aromatic carbocycles. The van der Waals surface area contributed by atoms with Crippen molar-refractivity contribution in [2.24, 2.45) is 0 Å². The Kier molecular flexibility index (Phi) is 4.64. The second kappa shape index (κ2) is 6.02. The van der Waals surface area contributed by atoms with Gasteiger partial charge < -0.3 is 9.80 Å². The minimum atomic E-state index is 0.834. The number of hydrogen-bond donors (Lipinski definition) is 0. The Morgan fingerprint density at radius 2 is 2.12 bits per heavy atom. The quantitative estimate of drug-likeness (QED) is 0.616. The first-order valence-corrected chi connectivity index (χ1v) is 7.72. The number of halogens is 1. The van der Waals surface area contributed by atoms with E-state index in [1.165, 1.54) is 6.42 Å². The normalized spacial score (nSPS) is 18.2. The molecule has 6 heteroatoms. The van der Waals surface area contributed by atoms with Gasteiger partial charge in [0.25, 0.3) is 0 Å². The smallest absolute Gasteiger partial charge is 0.189 e. The van der Waals surface area contributed by atoms with Crippen LogP contribution in [0.1, 0.15) is 6.42 Å². The van der Waals surface area contributed by atoms with E-state index in [0.29, 0.717) is 0 Å². The zero-order chi connectivity index (χ0) is 12.3. The summed E-state index contributed by atoms with van der Waals surface area (Å²) in [6.07, 6.45) is 5.04. The summed E-state index contributed by atoms with van der Waals surface area (Å²) in [6.45, 7) is 4.34. The predicted octanol–water partition coefficient (Wildman–Crippen LogP) is 2.10. The molecule has 0 amide bonds. The van der Waals surface area contributed by atoms with Gasteiger partial charge in [0.2, 0.25) is 0 Å². The Labute approximate surface area is 115 Å². The van der Waals surface area contributed by atoms with Crippen LogP contribution >= 0.6 is 27.7 Å². The van der Waals surface area contributed by atoms with Crippen molar-refractivity contribution in [2.75, 3.05) is 44.4 Å². The summed E-state index contributed by atoms with van der Waals surface area (Å²) in [6, 6.07) is 0. The molecule has 94 valence electrons. The summed E-state index contributed by atoms with van der Waals surface area (Å²) in [7, 11) is 2.17. The van der Waals surface area contributed by atoms with Gasteiger partial charge in [-0.1, -0.05) is 11.8 Å². The van der Waals surface area contributed by atoms with Crippen molar-refractivity contribution >= 4 is 33.5 Å². The van der Waals surface area contributed by atoms with Gasteiger partial charge >= 0.3 is 0 Å². The van der Waals surface area contributed by atoms with E-state index in [4.69, 9.17) is 0 Å². The van der Waals surface area contributed by atoms with Gasteiger partial charge in [-0.2, -0.15) is 0 Å². The summed E-state index contributed by atoms with van der Waals surface area (Å²) >= 11 is 5.13. The van der Waals surface area contributed by atoms with Crippen LogP contribution < -0.4 is 4.90 Å². The average Bonchev–Trinajstić information content (AvgIpc) is 2.55. The van der Waals surface area contributed by atoms with Gasteiger partial charge in [0.05, 0.1) is 4.47 Å². The molecule has 1 aromatic rings.